The van der Waals surface area contributed by atoms with Crippen LogP contribution in [-0.2, 0) is 17.8 Å². The molecule has 0 aliphatic heterocycles. The van der Waals surface area contributed by atoms with Crippen molar-refractivity contribution in [3.8, 4) is 5.75 Å². The fraction of sp³-hybridized carbons (Fsp3) is 0.206. The number of benzene rings is 4. The van der Waals surface area contributed by atoms with E-state index in [0.29, 0.717) is 18.6 Å². The fourth-order valence-electron chi connectivity index (χ4n) is 4.95. The van der Waals surface area contributed by atoms with Crippen molar-refractivity contribution in [1.82, 2.24) is 0 Å². The number of carbonyl (C=O) groups excluding carboxylic acids is 1. The van der Waals surface area contributed by atoms with Gasteiger partial charge >= 0.3 is 5.97 Å². The van der Waals surface area contributed by atoms with Crippen molar-refractivity contribution < 1.29 is 18.7 Å². The number of para-hydroxylation sites is 1. The van der Waals surface area contributed by atoms with E-state index in [1.807, 2.05) is 66.7 Å². The summed E-state index contributed by atoms with van der Waals surface area (Å²) >= 11 is 0. The van der Waals surface area contributed by atoms with Crippen LogP contribution in [0.25, 0.3) is 10.8 Å². The summed E-state index contributed by atoms with van der Waals surface area (Å²) in [6.07, 6.45) is 0.696. The topological polar surface area (TPSA) is 51.9 Å². The third kappa shape index (κ3) is 6.15. The minimum absolute atomic E-state index is 0.0993. The Kier molecular flexibility index (Phi) is 7.97. The van der Waals surface area contributed by atoms with E-state index in [2.05, 4.69) is 61.3 Å². The predicted octanol–water partition coefficient (Wildman–Crippen LogP) is 7.65. The van der Waals surface area contributed by atoms with Gasteiger partial charge in [-0.25, -0.2) is 4.79 Å². The molecular weight excluding hydrogens is 486 g/mol. The molecule has 4 aromatic carbocycles. The predicted molar refractivity (Wildman–Crippen MR) is 156 cm³/mol. The lowest BCUT2D eigenvalue weighted by Crippen LogP contribution is -2.35. The van der Waals surface area contributed by atoms with E-state index >= 15 is 0 Å². The molecule has 5 heteroatoms. The number of carbonyl (C=O) groups is 1. The molecule has 0 N–H and O–H groups in total. The molecule has 0 radical (unpaired) electrons. The van der Waals surface area contributed by atoms with Crippen molar-refractivity contribution in [3.05, 3.63) is 132 Å². The molecule has 39 heavy (non-hydrogen) atoms. The first-order valence-electron chi connectivity index (χ1n) is 13.2. The molecule has 0 aliphatic rings. The minimum atomic E-state index is -0.339. The van der Waals surface area contributed by atoms with Gasteiger partial charge in [-0.3, -0.25) is 0 Å². The molecule has 5 aromatic rings. The minimum Gasteiger partial charge on any atom is -0.486 e. The first kappa shape index (κ1) is 26.1. The number of furan rings is 1. The van der Waals surface area contributed by atoms with E-state index in [0.717, 1.165) is 28.5 Å². The molecule has 2 unspecified atom stereocenters. The van der Waals surface area contributed by atoms with Crippen LogP contribution in [0, 0.1) is 0 Å². The Morgan fingerprint density at radius 3 is 2.26 bits per heavy atom. The Labute approximate surface area is 229 Å². The van der Waals surface area contributed by atoms with Gasteiger partial charge in [-0.2, -0.15) is 0 Å². The van der Waals surface area contributed by atoms with Crippen LogP contribution < -0.4 is 9.64 Å². The maximum Gasteiger partial charge on any atom is 0.337 e. The molecular formula is C34H33NO4. The van der Waals surface area contributed by atoms with E-state index in [1.54, 1.807) is 0 Å². The number of anilines is 1. The van der Waals surface area contributed by atoms with E-state index in [9.17, 15) is 4.79 Å². The van der Waals surface area contributed by atoms with Crippen LogP contribution in [0.4, 0.5) is 5.69 Å². The van der Waals surface area contributed by atoms with Gasteiger partial charge in [0.25, 0.3) is 0 Å². The lowest BCUT2D eigenvalue weighted by molar-refractivity contribution is 0.0600. The zero-order valence-electron chi connectivity index (χ0n) is 22.5. The summed E-state index contributed by atoms with van der Waals surface area (Å²) in [5.41, 5.74) is 2.81. The average Bonchev–Trinajstić information content (AvgIpc) is 3.45. The van der Waals surface area contributed by atoms with E-state index < -0.39 is 0 Å². The number of methoxy groups -OCH3 is 1. The highest BCUT2D eigenvalue weighted by atomic mass is 16.5. The lowest BCUT2D eigenvalue weighted by Gasteiger charge is -2.34. The van der Waals surface area contributed by atoms with E-state index in [4.69, 9.17) is 13.9 Å². The molecule has 0 spiro atoms. The number of esters is 1. The monoisotopic (exact) mass is 519 g/mol. The molecule has 1 heterocycles. The Morgan fingerprint density at radius 2 is 1.51 bits per heavy atom. The van der Waals surface area contributed by atoms with Crippen LogP contribution >= 0.6 is 0 Å². The van der Waals surface area contributed by atoms with Gasteiger partial charge < -0.3 is 18.8 Å². The zero-order valence-corrected chi connectivity index (χ0v) is 22.5. The van der Waals surface area contributed by atoms with Crippen LogP contribution in [-0.4, -0.2) is 26.2 Å². The standard InChI is InChI=1S/C34H33NO4/c1-24(35(2)29-18-17-25-9-7-8-10-28(25)21-29)33(26-13-15-27(16-14-26)34(36)37-3)22-31-19-20-32(39-31)23-38-30-11-5-4-6-12-30/h4-21,24,33H,22-23H2,1-3H3. The molecule has 0 saturated heterocycles. The Balaban J connectivity index is 1.39. The molecule has 0 saturated carbocycles. The highest BCUT2D eigenvalue weighted by molar-refractivity contribution is 5.89. The van der Waals surface area contributed by atoms with Gasteiger partial charge in [-0.15, -0.1) is 0 Å². The van der Waals surface area contributed by atoms with Gasteiger partial charge in [-0.05, 0) is 71.8 Å². The molecule has 1 aromatic heterocycles. The summed E-state index contributed by atoms with van der Waals surface area (Å²) in [6.45, 7) is 2.60. The summed E-state index contributed by atoms with van der Waals surface area (Å²) in [7, 11) is 3.53. The zero-order chi connectivity index (χ0) is 27.2. The second kappa shape index (κ2) is 11.9. The largest absolute Gasteiger partial charge is 0.486 e. The van der Waals surface area contributed by atoms with E-state index in [1.165, 1.54) is 17.9 Å². The second-order valence-corrected chi connectivity index (χ2v) is 9.78. The van der Waals surface area contributed by atoms with E-state index in [-0.39, 0.29) is 17.9 Å². The van der Waals surface area contributed by atoms with Crippen LogP contribution in [0.5, 0.6) is 5.75 Å². The summed E-state index contributed by atoms with van der Waals surface area (Å²) in [5, 5.41) is 2.43. The summed E-state index contributed by atoms with van der Waals surface area (Å²) in [5.74, 6) is 2.24. The highest BCUT2D eigenvalue weighted by Crippen LogP contribution is 2.32. The van der Waals surface area contributed by atoms with Crippen molar-refractivity contribution in [2.24, 2.45) is 0 Å². The van der Waals surface area contributed by atoms with Crippen molar-refractivity contribution >= 4 is 22.4 Å². The normalized spacial score (nSPS) is 12.6. The first-order valence-corrected chi connectivity index (χ1v) is 13.2. The van der Waals surface area contributed by atoms with Gasteiger partial charge in [0, 0.05) is 31.1 Å². The van der Waals surface area contributed by atoms with Gasteiger partial charge in [-0.1, -0.05) is 60.7 Å². The number of nitrogens with zero attached hydrogens (tertiary/aromatic N) is 1. The number of fused-ring (bicyclic) bond motifs is 1. The number of hydrogen-bond donors (Lipinski definition) is 0. The molecule has 0 bridgehead atoms. The smallest absolute Gasteiger partial charge is 0.337 e. The average molecular weight is 520 g/mol. The lowest BCUT2D eigenvalue weighted by atomic mass is 9.87. The fourth-order valence-corrected chi connectivity index (χ4v) is 4.95. The summed E-state index contributed by atoms with van der Waals surface area (Å²) in [4.78, 5) is 14.3. The van der Waals surface area contributed by atoms with Gasteiger partial charge in [0.1, 0.15) is 23.9 Å². The molecule has 5 rings (SSSR count). The molecule has 0 amide bonds. The maximum atomic E-state index is 12.0. The van der Waals surface area contributed by atoms with Crippen LogP contribution in [0.15, 0.2) is 114 Å². The highest BCUT2D eigenvalue weighted by Gasteiger charge is 2.26. The molecule has 198 valence electrons. The molecule has 0 fully saturated rings. The van der Waals surface area contributed by atoms with Crippen LogP contribution in [0.3, 0.4) is 0 Å². The van der Waals surface area contributed by atoms with Crippen molar-refractivity contribution in [2.45, 2.75) is 31.9 Å². The number of hydrogen-bond acceptors (Lipinski definition) is 5. The van der Waals surface area contributed by atoms with Gasteiger partial charge in [0.2, 0.25) is 0 Å². The molecule has 5 nitrogen and oxygen atoms in total. The SMILES string of the molecule is COC(=O)c1ccc(C(Cc2ccc(COc3ccccc3)o2)C(C)N(C)c2ccc3ccccc3c2)cc1. The van der Waals surface area contributed by atoms with Crippen LogP contribution in [0.2, 0.25) is 0 Å². The number of rotatable bonds is 10. The third-order valence-electron chi connectivity index (χ3n) is 7.36. The number of likely N-dealkylation sites (N-methyl/N-ethyl adjacent to an activating group) is 1. The van der Waals surface area contributed by atoms with Gasteiger partial charge in [0.15, 0.2) is 0 Å². The third-order valence-corrected chi connectivity index (χ3v) is 7.36. The summed E-state index contributed by atoms with van der Waals surface area (Å²) < 4.78 is 17.0. The molecule has 2 atom stereocenters. The Morgan fingerprint density at radius 1 is 0.821 bits per heavy atom. The molecule has 0 aliphatic carbocycles. The second-order valence-electron chi connectivity index (χ2n) is 9.78. The Hall–Kier alpha value is -4.51. The maximum absolute atomic E-state index is 12.0. The Bertz CT molecular complexity index is 1520. The van der Waals surface area contributed by atoms with Crippen molar-refractivity contribution in [3.63, 3.8) is 0 Å². The number of ether oxygens (including phenoxy) is 2. The summed E-state index contributed by atoms with van der Waals surface area (Å²) in [6, 6.07) is 36.5. The van der Waals surface area contributed by atoms with Gasteiger partial charge in [0.05, 0.1) is 12.7 Å². The van der Waals surface area contributed by atoms with Crippen molar-refractivity contribution in [2.75, 3.05) is 19.1 Å². The first-order chi connectivity index (χ1) is 19.0. The quantitative estimate of drug-likeness (QED) is 0.177. The van der Waals surface area contributed by atoms with Crippen LogP contribution in [0.1, 0.15) is 40.3 Å². The van der Waals surface area contributed by atoms with Crippen molar-refractivity contribution in [1.29, 1.82) is 0 Å².